The first kappa shape index (κ1) is 33.2. The Labute approximate surface area is 195 Å². The SMILES string of the molecule is C=C/C=C(\C(=C)C(=C)/C=C\C)C(=O)Nc1ccc(C(=N)NC(C)=O)cc1.CC.CC.CC. The second-order valence-corrected chi connectivity index (χ2v) is 5.41. The minimum absolute atomic E-state index is 0.00125. The van der Waals surface area contributed by atoms with Gasteiger partial charge in [0.2, 0.25) is 5.91 Å². The Morgan fingerprint density at radius 3 is 1.88 bits per heavy atom. The van der Waals surface area contributed by atoms with E-state index in [-0.39, 0.29) is 17.6 Å². The fraction of sp³-hybridized carbons (Fsp3) is 0.296. The second-order valence-electron chi connectivity index (χ2n) is 5.41. The van der Waals surface area contributed by atoms with Crippen molar-refractivity contribution in [1.29, 1.82) is 5.41 Å². The molecule has 0 radical (unpaired) electrons. The molecule has 176 valence electrons. The van der Waals surface area contributed by atoms with Crippen LogP contribution in [0.1, 0.15) is 61.0 Å². The Morgan fingerprint density at radius 2 is 1.47 bits per heavy atom. The van der Waals surface area contributed by atoms with Gasteiger partial charge in [-0.25, -0.2) is 0 Å². The van der Waals surface area contributed by atoms with E-state index in [1.54, 1.807) is 36.4 Å². The van der Waals surface area contributed by atoms with Crippen LogP contribution in [0.2, 0.25) is 0 Å². The van der Waals surface area contributed by atoms with Crippen molar-refractivity contribution in [1.82, 2.24) is 5.32 Å². The van der Waals surface area contributed by atoms with Gasteiger partial charge in [0.05, 0.1) is 0 Å². The van der Waals surface area contributed by atoms with Gasteiger partial charge in [-0.05, 0) is 48.4 Å². The number of hydrogen-bond acceptors (Lipinski definition) is 3. The molecule has 0 bridgehead atoms. The molecule has 0 atom stereocenters. The molecule has 1 aromatic carbocycles. The zero-order chi connectivity index (χ0) is 25.7. The zero-order valence-corrected chi connectivity index (χ0v) is 21.1. The summed E-state index contributed by atoms with van der Waals surface area (Å²) in [5, 5.41) is 12.9. The summed E-state index contributed by atoms with van der Waals surface area (Å²) in [6.45, 7) is 26.6. The summed E-state index contributed by atoms with van der Waals surface area (Å²) < 4.78 is 0. The van der Waals surface area contributed by atoms with Gasteiger partial charge in [0.25, 0.3) is 5.91 Å². The van der Waals surface area contributed by atoms with E-state index in [9.17, 15) is 9.59 Å². The average molecular weight is 440 g/mol. The van der Waals surface area contributed by atoms with Crippen molar-refractivity contribution in [2.75, 3.05) is 5.32 Å². The van der Waals surface area contributed by atoms with Gasteiger partial charge in [0, 0.05) is 23.7 Å². The van der Waals surface area contributed by atoms with Gasteiger partial charge in [-0.15, -0.1) is 0 Å². The third-order valence-corrected chi connectivity index (χ3v) is 3.34. The summed E-state index contributed by atoms with van der Waals surface area (Å²) in [5.41, 5.74) is 2.58. The van der Waals surface area contributed by atoms with E-state index in [1.807, 2.05) is 54.5 Å². The van der Waals surface area contributed by atoms with Crippen LogP contribution < -0.4 is 10.6 Å². The predicted octanol–water partition coefficient (Wildman–Crippen LogP) is 6.97. The van der Waals surface area contributed by atoms with Gasteiger partial charge in [-0.3, -0.25) is 15.0 Å². The summed E-state index contributed by atoms with van der Waals surface area (Å²) >= 11 is 0. The highest BCUT2D eigenvalue weighted by atomic mass is 16.2. The van der Waals surface area contributed by atoms with Gasteiger partial charge < -0.3 is 10.6 Å². The fourth-order valence-electron chi connectivity index (χ4n) is 2.07. The van der Waals surface area contributed by atoms with Crippen molar-refractivity contribution in [2.24, 2.45) is 0 Å². The first-order valence-corrected chi connectivity index (χ1v) is 10.9. The van der Waals surface area contributed by atoms with E-state index in [2.05, 4.69) is 30.4 Å². The number of hydrogen-bond donors (Lipinski definition) is 3. The first-order chi connectivity index (χ1) is 15.3. The van der Waals surface area contributed by atoms with Gasteiger partial charge in [-0.1, -0.05) is 79.5 Å². The van der Waals surface area contributed by atoms with Crippen molar-refractivity contribution >= 4 is 23.3 Å². The molecule has 5 heteroatoms. The predicted molar refractivity (Wildman–Crippen MR) is 141 cm³/mol. The third kappa shape index (κ3) is 13.0. The number of benzene rings is 1. The van der Waals surface area contributed by atoms with Gasteiger partial charge in [0.1, 0.15) is 5.84 Å². The number of nitrogens with one attached hydrogen (secondary N) is 3. The largest absolute Gasteiger partial charge is 0.322 e. The zero-order valence-electron chi connectivity index (χ0n) is 21.1. The summed E-state index contributed by atoms with van der Waals surface area (Å²) in [7, 11) is 0. The Balaban J connectivity index is -0.00000129. The van der Waals surface area contributed by atoms with Gasteiger partial charge >= 0.3 is 0 Å². The molecular formula is C27H41N3O2. The molecule has 0 heterocycles. The fourth-order valence-corrected chi connectivity index (χ4v) is 2.07. The third-order valence-electron chi connectivity index (χ3n) is 3.34. The van der Waals surface area contributed by atoms with E-state index in [4.69, 9.17) is 5.41 Å². The Bertz CT molecular complexity index is 814. The molecule has 5 nitrogen and oxygen atoms in total. The van der Waals surface area contributed by atoms with Crippen LogP contribution >= 0.6 is 0 Å². The molecule has 32 heavy (non-hydrogen) atoms. The van der Waals surface area contributed by atoms with Crippen molar-refractivity contribution in [3.63, 3.8) is 0 Å². The molecule has 2 amide bonds. The van der Waals surface area contributed by atoms with E-state index >= 15 is 0 Å². The van der Waals surface area contributed by atoms with Crippen LogP contribution in [0.5, 0.6) is 0 Å². The highest BCUT2D eigenvalue weighted by Gasteiger charge is 2.14. The number of anilines is 1. The smallest absolute Gasteiger partial charge is 0.256 e. The lowest BCUT2D eigenvalue weighted by Crippen LogP contribution is -2.27. The van der Waals surface area contributed by atoms with E-state index in [0.29, 0.717) is 28.0 Å². The molecule has 0 fully saturated rings. The van der Waals surface area contributed by atoms with Crippen LogP contribution in [0, 0.1) is 5.41 Å². The van der Waals surface area contributed by atoms with Crippen molar-refractivity contribution in [3.05, 3.63) is 90.6 Å². The maximum atomic E-state index is 12.6. The molecule has 0 saturated heterocycles. The maximum Gasteiger partial charge on any atom is 0.256 e. The van der Waals surface area contributed by atoms with Crippen molar-refractivity contribution in [2.45, 2.75) is 55.4 Å². The van der Waals surface area contributed by atoms with Crippen LogP contribution in [0.15, 0.2) is 85.0 Å². The molecule has 0 saturated carbocycles. The molecule has 0 aliphatic heterocycles. The topological polar surface area (TPSA) is 82.1 Å². The van der Waals surface area contributed by atoms with Crippen LogP contribution in [0.25, 0.3) is 0 Å². The maximum absolute atomic E-state index is 12.6. The number of rotatable bonds is 7. The van der Waals surface area contributed by atoms with Gasteiger partial charge in [0.15, 0.2) is 0 Å². The normalized spacial score (nSPS) is 9.44. The molecule has 3 N–H and O–H groups in total. The molecule has 1 aromatic rings. The number of allylic oxidation sites excluding steroid dienone is 5. The van der Waals surface area contributed by atoms with E-state index < -0.39 is 0 Å². The van der Waals surface area contributed by atoms with E-state index in [1.165, 1.54) is 13.0 Å². The van der Waals surface area contributed by atoms with Gasteiger partial charge in [-0.2, -0.15) is 0 Å². The molecule has 0 spiro atoms. The average Bonchev–Trinajstić information content (AvgIpc) is 2.81. The number of amidine groups is 1. The molecule has 0 unspecified atom stereocenters. The summed E-state index contributed by atoms with van der Waals surface area (Å²) in [4.78, 5) is 23.6. The van der Waals surface area contributed by atoms with Crippen molar-refractivity contribution in [3.8, 4) is 0 Å². The summed E-state index contributed by atoms with van der Waals surface area (Å²) in [6, 6.07) is 6.58. The minimum Gasteiger partial charge on any atom is -0.322 e. The van der Waals surface area contributed by atoms with Crippen LogP contribution in [-0.4, -0.2) is 17.6 Å². The first-order valence-electron chi connectivity index (χ1n) is 10.9. The summed E-state index contributed by atoms with van der Waals surface area (Å²) in [5.74, 6) is -0.657. The van der Waals surface area contributed by atoms with Crippen LogP contribution in [0.3, 0.4) is 0 Å². The van der Waals surface area contributed by atoms with Crippen LogP contribution in [-0.2, 0) is 9.59 Å². The number of amides is 2. The monoisotopic (exact) mass is 439 g/mol. The molecule has 0 aliphatic carbocycles. The lowest BCUT2D eigenvalue weighted by atomic mass is 9.99. The highest BCUT2D eigenvalue weighted by Crippen LogP contribution is 2.20. The molecule has 1 rings (SSSR count). The lowest BCUT2D eigenvalue weighted by molar-refractivity contribution is -0.117. The molecule has 0 aromatic heterocycles. The summed E-state index contributed by atoms with van der Waals surface area (Å²) in [6.07, 6.45) is 6.68. The van der Waals surface area contributed by atoms with Crippen LogP contribution in [0.4, 0.5) is 5.69 Å². The Hall–Kier alpha value is -3.47. The Morgan fingerprint density at radius 1 is 0.969 bits per heavy atom. The molecule has 0 aliphatic rings. The molecular weight excluding hydrogens is 398 g/mol. The standard InChI is InChI=1S/C21H23N3O2.3C2H6/c1-6-8-14(3)15(4)19(9-7-2)21(26)24-18-12-10-17(11-13-18)20(22)23-16(5)25;3*1-2/h6-13H,2-4H2,1,5H3,(H,24,26)(H2,22,23,25);3*1-2H3/b8-6-,19-9+;;;. The second kappa shape index (κ2) is 20.8. The lowest BCUT2D eigenvalue weighted by Gasteiger charge is -2.12. The minimum atomic E-state index is -0.342. The van der Waals surface area contributed by atoms with Crippen molar-refractivity contribution < 1.29 is 9.59 Å². The Kier molecular flexibility index (Phi) is 21.6. The number of carbonyl (C=O) groups excluding carboxylic acids is 2. The van der Waals surface area contributed by atoms with E-state index in [0.717, 1.165) is 0 Å². The quantitative estimate of drug-likeness (QED) is 0.186. The number of carbonyl (C=O) groups is 2. The highest BCUT2D eigenvalue weighted by molar-refractivity contribution is 6.09.